The average molecular weight is 302 g/mol. The minimum Gasteiger partial charge on any atom is -0.494 e. The van der Waals surface area contributed by atoms with Crippen LogP contribution in [-0.2, 0) is 21.3 Å². The van der Waals surface area contributed by atoms with Crippen LogP contribution in [-0.4, -0.2) is 34.8 Å². The number of nitrogens with one attached hydrogen (secondary N) is 1. The first-order valence-corrected chi connectivity index (χ1v) is 7.91. The van der Waals surface area contributed by atoms with Crippen molar-refractivity contribution >= 4 is 10.0 Å². The summed E-state index contributed by atoms with van der Waals surface area (Å²) in [7, 11) is -2.04. The fourth-order valence-electron chi connectivity index (χ4n) is 1.57. The molecular formula is C13H22N2O4S. The summed E-state index contributed by atoms with van der Waals surface area (Å²) in [4.78, 5) is 0.171. The highest BCUT2D eigenvalue weighted by Crippen LogP contribution is 2.22. The van der Waals surface area contributed by atoms with E-state index >= 15 is 0 Å². The van der Waals surface area contributed by atoms with Gasteiger partial charge in [0.1, 0.15) is 5.75 Å². The maximum atomic E-state index is 12.1. The third-order valence-corrected chi connectivity index (χ3v) is 4.25. The van der Waals surface area contributed by atoms with E-state index in [2.05, 4.69) is 4.72 Å². The van der Waals surface area contributed by atoms with E-state index in [-0.39, 0.29) is 24.1 Å². The van der Waals surface area contributed by atoms with E-state index in [1.165, 1.54) is 19.2 Å². The number of nitrogens with two attached hydrogens (primary N) is 1. The molecule has 0 aliphatic heterocycles. The number of hydrogen-bond donors (Lipinski definition) is 2. The van der Waals surface area contributed by atoms with Crippen LogP contribution < -0.4 is 15.2 Å². The first-order chi connectivity index (χ1) is 9.44. The molecule has 0 saturated carbocycles. The molecule has 0 aromatic heterocycles. The molecule has 1 atom stereocenters. The molecule has 20 heavy (non-hydrogen) atoms. The highest BCUT2D eigenvalue weighted by Gasteiger charge is 2.17. The van der Waals surface area contributed by atoms with E-state index in [1.54, 1.807) is 13.0 Å². The SMILES string of the molecule is CCOc1ccc(S(=O)(=O)NCC(C)OC)cc1CN. The fourth-order valence-corrected chi connectivity index (χ4v) is 2.74. The molecule has 0 radical (unpaired) electrons. The quantitative estimate of drug-likeness (QED) is 0.743. The van der Waals surface area contributed by atoms with Gasteiger partial charge in [-0.1, -0.05) is 0 Å². The topological polar surface area (TPSA) is 90.7 Å². The van der Waals surface area contributed by atoms with Crippen LogP contribution in [0.3, 0.4) is 0 Å². The maximum Gasteiger partial charge on any atom is 0.240 e. The lowest BCUT2D eigenvalue weighted by molar-refractivity contribution is 0.122. The van der Waals surface area contributed by atoms with Gasteiger partial charge in [-0.25, -0.2) is 13.1 Å². The molecule has 1 aromatic carbocycles. The second-order valence-electron chi connectivity index (χ2n) is 4.30. The Hall–Kier alpha value is -1.15. The average Bonchev–Trinajstić information content (AvgIpc) is 2.45. The van der Waals surface area contributed by atoms with E-state index in [0.717, 1.165) is 0 Å². The molecule has 3 N–H and O–H groups in total. The second-order valence-corrected chi connectivity index (χ2v) is 6.07. The molecule has 0 saturated heterocycles. The molecule has 0 amide bonds. The van der Waals surface area contributed by atoms with Crippen LogP contribution in [0.2, 0.25) is 0 Å². The molecule has 0 heterocycles. The van der Waals surface area contributed by atoms with Crippen molar-refractivity contribution in [2.75, 3.05) is 20.3 Å². The lowest BCUT2D eigenvalue weighted by Crippen LogP contribution is -2.31. The molecule has 1 unspecified atom stereocenters. The van der Waals surface area contributed by atoms with E-state index in [1.807, 2.05) is 6.92 Å². The van der Waals surface area contributed by atoms with Crippen molar-refractivity contribution < 1.29 is 17.9 Å². The number of ether oxygens (including phenoxy) is 2. The van der Waals surface area contributed by atoms with Gasteiger partial charge < -0.3 is 15.2 Å². The lowest BCUT2D eigenvalue weighted by atomic mass is 10.2. The van der Waals surface area contributed by atoms with Crippen LogP contribution in [0.15, 0.2) is 23.1 Å². The van der Waals surface area contributed by atoms with Gasteiger partial charge in [-0.3, -0.25) is 0 Å². The van der Waals surface area contributed by atoms with Crippen LogP contribution in [0.5, 0.6) is 5.75 Å². The Kier molecular flexibility index (Phi) is 6.41. The molecule has 0 spiro atoms. The van der Waals surface area contributed by atoms with Crippen molar-refractivity contribution in [2.24, 2.45) is 5.73 Å². The van der Waals surface area contributed by atoms with Crippen molar-refractivity contribution in [3.8, 4) is 5.75 Å². The summed E-state index contributed by atoms with van der Waals surface area (Å²) in [6.45, 7) is 4.57. The van der Waals surface area contributed by atoms with Gasteiger partial charge in [0.25, 0.3) is 0 Å². The van der Waals surface area contributed by atoms with E-state index in [0.29, 0.717) is 17.9 Å². The van der Waals surface area contributed by atoms with Gasteiger partial charge in [0.15, 0.2) is 0 Å². The van der Waals surface area contributed by atoms with E-state index < -0.39 is 10.0 Å². The van der Waals surface area contributed by atoms with Crippen molar-refractivity contribution in [3.05, 3.63) is 23.8 Å². The third-order valence-electron chi connectivity index (χ3n) is 2.83. The van der Waals surface area contributed by atoms with E-state index in [9.17, 15) is 8.42 Å². The van der Waals surface area contributed by atoms with Crippen LogP contribution in [0.25, 0.3) is 0 Å². The van der Waals surface area contributed by atoms with Gasteiger partial charge in [-0.05, 0) is 32.0 Å². The van der Waals surface area contributed by atoms with E-state index in [4.69, 9.17) is 15.2 Å². The van der Waals surface area contributed by atoms with Crippen molar-refractivity contribution in [2.45, 2.75) is 31.4 Å². The summed E-state index contributed by atoms with van der Waals surface area (Å²) in [5.74, 6) is 0.610. The zero-order chi connectivity index (χ0) is 15.2. The van der Waals surface area contributed by atoms with Crippen molar-refractivity contribution in [1.29, 1.82) is 0 Å². The molecule has 0 fully saturated rings. The van der Waals surface area contributed by atoms with Crippen LogP contribution in [0, 0.1) is 0 Å². The van der Waals surface area contributed by atoms with Gasteiger partial charge in [0.2, 0.25) is 10.0 Å². The Morgan fingerprint density at radius 3 is 2.65 bits per heavy atom. The second kappa shape index (κ2) is 7.58. The molecule has 0 aliphatic carbocycles. The normalized spacial score (nSPS) is 13.2. The summed E-state index contributed by atoms with van der Waals surface area (Å²) in [6.07, 6.45) is -0.193. The van der Waals surface area contributed by atoms with Gasteiger partial charge in [0.05, 0.1) is 17.6 Å². The first kappa shape index (κ1) is 16.9. The Labute approximate surface area is 120 Å². The highest BCUT2D eigenvalue weighted by molar-refractivity contribution is 7.89. The van der Waals surface area contributed by atoms with Crippen LogP contribution in [0.4, 0.5) is 0 Å². The summed E-state index contributed by atoms with van der Waals surface area (Å²) in [5.41, 5.74) is 6.28. The lowest BCUT2D eigenvalue weighted by Gasteiger charge is -2.13. The largest absolute Gasteiger partial charge is 0.494 e. The Bertz CT molecular complexity index is 531. The van der Waals surface area contributed by atoms with Gasteiger partial charge in [0, 0.05) is 25.8 Å². The van der Waals surface area contributed by atoms with Crippen molar-refractivity contribution in [3.63, 3.8) is 0 Å². The standard InChI is InChI=1S/C13H22N2O4S/c1-4-19-13-6-5-12(7-11(13)8-14)20(16,17)15-9-10(2)18-3/h5-7,10,15H,4,8-9,14H2,1-3H3. The number of hydrogen-bond acceptors (Lipinski definition) is 5. The van der Waals surface area contributed by atoms with Crippen LogP contribution >= 0.6 is 0 Å². The van der Waals surface area contributed by atoms with Crippen molar-refractivity contribution in [1.82, 2.24) is 4.72 Å². The zero-order valence-corrected chi connectivity index (χ0v) is 12.9. The smallest absolute Gasteiger partial charge is 0.240 e. The zero-order valence-electron chi connectivity index (χ0n) is 12.0. The maximum absolute atomic E-state index is 12.1. The molecule has 1 rings (SSSR count). The number of methoxy groups -OCH3 is 1. The fraction of sp³-hybridized carbons (Fsp3) is 0.538. The molecule has 114 valence electrons. The number of sulfonamides is 1. The molecule has 0 bridgehead atoms. The summed E-state index contributed by atoms with van der Waals surface area (Å²) < 4.78 is 37.2. The first-order valence-electron chi connectivity index (χ1n) is 6.42. The molecule has 6 nitrogen and oxygen atoms in total. The summed E-state index contributed by atoms with van der Waals surface area (Å²) in [5, 5.41) is 0. The predicted molar refractivity (Wildman–Crippen MR) is 77.2 cm³/mol. The number of rotatable bonds is 8. The molecule has 0 aliphatic rings. The minimum atomic E-state index is -3.57. The minimum absolute atomic E-state index is 0.171. The monoisotopic (exact) mass is 302 g/mol. The highest BCUT2D eigenvalue weighted by atomic mass is 32.2. The molecule has 7 heteroatoms. The predicted octanol–water partition coefficient (Wildman–Crippen LogP) is 0.857. The molecule has 1 aromatic rings. The Balaban J connectivity index is 2.95. The molecular weight excluding hydrogens is 280 g/mol. The number of benzene rings is 1. The van der Waals surface area contributed by atoms with Crippen LogP contribution in [0.1, 0.15) is 19.4 Å². The van der Waals surface area contributed by atoms with Gasteiger partial charge in [-0.15, -0.1) is 0 Å². The van der Waals surface area contributed by atoms with Gasteiger partial charge >= 0.3 is 0 Å². The Morgan fingerprint density at radius 2 is 2.10 bits per heavy atom. The summed E-state index contributed by atoms with van der Waals surface area (Å²) >= 11 is 0. The summed E-state index contributed by atoms with van der Waals surface area (Å²) in [6, 6.07) is 4.66. The Morgan fingerprint density at radius 1 is 1.40 bits per heavy atom. The van der Waals surface area contributed by atoms with Gasteiger partial charge in [-0.2, -0.15) is 0 Å². The third kappa shape index (κ3) is 4.45.